The molecule has 0 aromatic carbocycles. The Balaban J connectivity index is 1.44. The molecule has 0 bridgehead atoms. The zero-order valence-electron chi connectivity index (χ0n) is 12.7. The SMILES string of the molecule is O=[N+]([O-])c1c(NC2CCN(C3CCOC3)CC2)nc2sccn12. The Morgan fingerprint density at radius 2 is 2.22 bits per heavy atom. The van der Waals surface area contributed by atoms with E-state index < -0.39 is 0 Å². The number of hydrogen-bond donors (Lipinski definition) is 1. The van der Waals surface area contributed by atoms with Gasteiger partial charge in [0.25, 0.3) is 4.96 Å². The smallest absolute Gasteiger partial charge is 0.372 e. The first-order valence-corrected chi connectivity index (χ1v) is 8.78. The lowest BCUT2D eigenvalue weighted by molar-refractivity contribution is -0.389. The summed E-state index contributed by atoms with van der Waals surface area (Å²) in [5, 5.41) is 16.4. The third-order valence-corrected chi connectivity index (χ3v) is 5.46. The average Bonchev–Trinajstić information content (AvgIpc) is 3.24. The fourth-order valence-corrected chi connectivity index (χ4v) is 4.17. The van der Waals surface area contributed by atoms with Crippen molar-refractivity contribution in [1.29, 1.82) is 0 Å². The van der Waals surface area contributed by atoms with E-state index >= 15 is 0 Å². The molecule has 0 radical (unpaired) electrons. The van der Waals surface area contributed by atoms with Gasteiger partial charge in [-0.15, -0.1) is 0 Å². The van der Waals surface area contributed by atoms with E-state index in [4.69, 9.17) is 4.74 Å². The number of fused-ring (bicyclic) bond motifs is 1. The third kappa shape index (κ3) is 2.79. The Bertz CT molecular complexity index is 700. The van der Waals surface area contributed by atoms with E-state index in [0.29, 0.717) is 16.8 Å². The van der Waals surface area contributed by atoms with Crippen molar-refractivity contribution in [3.05, 3.63) is 21.7 Å². The summed E-state index contributed by atoms with van der Waals surface area (Å²) in [6.45, 7) is 3.70. The Kier molecular flexibility index (Phi) is 3.92. The summed E-state index contributed by atoms with van der Waals surface area (Å²) in [6, 6.07) is 0.778. The van der Waals surface area contributed by atoms with Gasteiger partial charge in [-0.25, -0.2) is 0 Å². The van der Waals surface area contributed by atoms with Gasteiger partial charge >= 0.3 is 5.82 Å². The minimum absolute atomic E-state index is 0.0351. The molecule has 0 spiro atoms. The van der Waals surface area contributed by atoms with Gasteiger partial charge in [0.15, 0.2) is 0 Å². The van der Waals surface area contributed by atoms with Crippen LogP contribution in [0.15, 0.2) is 11.6 Å². The van der Waals surface area contributed by atoms with Crippen molar-refractivity contribution < 1.29 is 9.66 Å². The third-order valence-electron chi connectivity index (χ3n) is 4.70. The largest absolute Gasteiger partial charge is 0.380 e. The number of aromatic nitrogens is 2. The van der Waals surface area contributed by atoms with E-state index in [1.54, 1.807) is 11.6 Å². The molecule has 2 saturated heterocycles. The monoisotopic (exact) mass is 337 g/mol. The summed E-state index contributed by atoms with van der Waals surface area (Å²) in [6.07, 6.45) is 4.75. The summed E-state index contributed by atoms with van der Waals surface area (Å²) in [7, 11) is 0. The van der Waals surface area contributed by atoms with Crippen LogP contribution in [-0.2, 0) is 4.74 Å². The highest BCUT2D eigenvalue weighted by molar-refractivity contribution is 7.15. The fourth-order valence-electron chi connectivity index (χ4n) is 3.46. The molecule has 2 aliphatic rings. The van der Waals surface area contributed by atoms with E-state index in [1.807, 2.05) is 0 Å². The molecular weight excluding hydrogens is 318 g/mol. The van der Waals surface area contributed by atoms with Crippen molar-refractivity contribution in [3.63, 3.8) is 0 Å². The number of anilines is 1. The number of nitrogens with one attached hydrogen (secondary N) is 1. The molecule has 2 aromatic heterocycles. The molecule has 2 aromatic rings. The van der Waals surface area contributed by atoms with Crippen molar-refractivity contribution in [2.45, 2.75) is 31.3 Å². The Morgan fingerprint density at radius 1 is 1.39 bits per heavy atom. The molecule has 9 heteroatoms. The lowest BCUT2D eigenvalue weighted by Gasteiger charge is -2.35. The molecule has 1 N–H and O–H groups in total. The van der Waals surface area contributed by atoms with Crippen molar-refractivity contribution in [2.24, 2.45) is 0 Å². The van der Waals surface area contributed by atoms with Gasteiger partial charge < -0.3 is 20.2 Å². The number of hydrogen-bond acceptors (Lipinski definition) is 7. The first-order chi connectivity index (χ1) is 11.2. The van der Waals surface area contributed by atoms with Crippen molar-refractivity contribution >= 4 is 27.9 Å². The summed E-state index contributed by atoms with van der Waals surface area (Å²) in [5.41, 5.74) is 0. The number of thiazole rings is 1. The highest BCUT2D eigenvalue weighted by Crippen LogP contribution is 2.30. The van der Waals surface area contributed by atoms with Crippen LogP contribution in [0, 0.1) is 10.1 Å². The fraction of sp³-hybridized carbons (Fsp3) is 0.643. The normalized spacial score (nSPS) is 23.6. The first kappa shape index (κ1) is 14.9. The molecule has 2 aliphatic heterocycles. The highest BCUT2D eigenvalue weighted by atomic mass is 32.1. The van der Waals surface area contributed by atoms with Crippen molar-refractivity contribution in [2.75, 3.05) is 31.6 Å². The van der Waals surface area contributed by atoms with Gasteiger partial charge in [-0.3, -0.25) is 4.90 Å². The quantitative estimate of drug-likeness (QED) is 0.678. The predicted molar refractivity (Wildman–Crippen MR) is 87.2 cm³/mol. The van der Waals surface area contributed by atoms with Gasteiger partial charge in [0.05, 0.1) is 6.61 Å². The summed E-state index contributed by atoms with van der Waals surface area (Å²) < 4.78 is 7.00. The maximum Gasteiger partial charge on any atom is 0.372 e. The topological polar surface area (TPSA) is 84.9 Å². The summed E-state index contributed by atoms with van der Waals surface area (Å²) in [5.74, 6) is 0.428. The van der Waals surface area contributed by atoms with Gasteiger partial charge in [0, 0.05) is 37.2 Å². The van der Waals surface area contributed by atoms with Crippen molar-refractivity contribution in [1.82, 2.24) is 14.3 Å². The second kappa shape index (κ2) is 6.06. The van der Waals surface area contributed by atoms with Crippen LogP contribution in [0.2, 0.25) is 0 Å². The minimum Gasteiger partial charge on any atom is -0.380 e. The van der Waals surface area contributed by atoms with E-state index in [-0.39, 0.29) is 16.8 Å². The van der Waals surface area contributed by atoms with Gasteiger partial charge in [0.1, 0.15) is 6.20 Å². The second-order valence-corrected chi connectivity index (χ2v) is 6.94. The number of ether oxygens (including phenoxy) is 1. The number of nitrogens with zero attached hydrogens (tertiary/aromatic N) is 4. The number of rotatable bonds is 4. The number of likely N-dealkylation sites (tertiary alicyclic amines) is 1. The van der Waals surface area contributed by atoms with Crippen molar-refractivity contribution in [3.8, 4) is 0 Å². The van der Waals surface area contributed by atoms with Gasteiger partial charge in [-0.2, -0.15) is 9.38 Å². The van der Waals surface area contributed by atoms with Crippen LogP contribution in [-0.4, -0.2) is 57.6 Å². The molecular formula is C14H19N5O3S. The standard InChI is InChI=1S/C14H19N5O3S/c20-19(21)13-12(16-14-18(13)6-8-23-14)15-10-1-4-17(5-2-10)11-3-7-22-9-11/h6,8,10-11,15H,1-5,7,9H2. The number of imidazole rings is 1. The van der Waals surface area contributed by atoms with Crippen LogP contribution in [0.5, 0.6) is 0 Å². The average molecular weight is 337 g/mol. The zero-order valence-corrected chi connectivity index (χ0v) is 13.5. The van der Waals surface area contributed by atoms with Crippen LogP contribution in [0.3, 0.4) is 0 Å². The van der Waals surface area contributed by atoms with Crippen LogP contribution in [0.4, 0.5) is 11.6 Å². The van der Waals surface area contributed by atoms with E-state index in [9.17, 15) is 10.1 Å². The summed E-state index contributed by atoms with van der Waals surface area (Å²) >= 11 is 1.40. The Morgan fingerprint density at radius 3 is 2.91 bits per heavy atom. The molecule has 2 fully saturated rings. The molecule has 1 atom stereocenters. The molecule has 0 saturated carbocycles. The minimum atomic E-state index is -0.361. The van der Waals surface area contributed by atoms with E-state index in [1.165, 1.54) is 15.7 Å². The Hall–Kier alpha value is -1.71. The van der Waals surface area contributed by atoms with Gasteiger partial charge in [-0.05, 0) is 24.2 Å². The molecule has 0 amide bonds. The maximum absolute atomic E-state index is 11.3. The van der Waals surface area contributed by atoms with Gasteiger partial charge in [-0.1, -0.05) is 11.3 Å². The lowest BCUT2D eigenvalue weighted by atomic mass is 10.0. The molecule has 4 rings (SSSR count). The number of nitro groups is 1. The first-order valence-electron chi connectivity index (χ1n) is 7.90. The zero-order chi connectivity index (χ0) is 15.8. The molecule has 0 aliphatic carbocycles. The lowest BCUT2D eigenvalue weighted by Crippen LogP contribution is -2.44. The van der Waals surface area contributed by atoms with Gasteiger partial charge in [0.2, 0.25) is 5.82 Å². The molecule has 4 heterocycles. The Labute approximate surface area is 137 Å². The molecule has 23 heavy (non-hydrogen) atoms. The second-order valence-electron chi connectivity index (χ2n) is 6.07. The molecule has 8 nitrogen and oxygen atoms in total. The van der Waals surface area contributed by atoms with E-state index in [2.05, 4.69) is 15.2 Å². The van der Waals surface area contributed by atoms with Crippen LogP contribution < -0.4 is 5.32 Å². The van der Waals surface area contributed by atoms with Crippen LogP contribution in [0.25, 0.3) is 4.96 Å². The molecule has 1 unspecified atom stereocenters. The van der Waals surface area contributed by atoms with E-state index in [0.717, 1.165) is 45.6 Å². The van der Waals surface area contributed by atoms with Crippen LogP contribution in [0.1, 0.15) is 19.3 Å². The predicted octanol–water partition coefficient (Wildman–Crippen LogP) is 1.97. The van der Waals surface area contributed by atoms with Crippen LogP contribution >= 0.6 is 11.3 Å². The maximum atomic E-state index is 11.3. The molecule has 124 valence electrons. The highest BCUT2D eigenvalue weighted by Gasteiger charge is 2.30. The number of piperidine rings is 1. The summed E-state index contributed by atoms with van der Waals surface area (Å²) in [4.78, 5) is 18.5.